The van der Waals surface area contributed by atoms with Gasteiger partial charge in [-0.25, -0.2) is 4.68 Å². The summed E-state index contributed by atoms with van der Waals surface area (Å²) in [4.78, 5) is 12.8. The van der Waals surface area contributed by atoms with E-state index in [9.17, 15) is 0 Å². The Morgan fingerprint density at radius 1 is 1.38 bits per heavy atom. The molecule has 0 aromatic carbocycles. The van der Waals surface area contributed by atoms with Gasteiger partial charge in [0.25, 0.3) is 5.95 Å². The van der Waals surface area contributed by atoms with Crippen LogP contribution in [0.3, 0.4) is 0 Å². The molecule has 110 valence electrons. The lowest BCUT2D eigenvalue weighted by molar-refractivity contribution is 0.156. The number of anilines is 1. The van der Waals surface area contributed by atoms with E-state index in [0.29, 0.717) is 11.9 Å². The van der Waals surface area contributed by atoms with Crippen molar-refractivity contribution in [3.63, 3.8) is 0 Å². The molecule has 0 amide bonds. The summed E-state index contributed by atoms with van der Waals surface area (Å²) in [5.74, 6) is 3.34. The molecule has 0 fully saturated rings. The number of hydrogen-bond acceptors (Lipinski definition) is 6. The van der Waals surface area contributed by atoms with E-state index in [4.69, 9.17) is 11.2 Å². The molecule has 2 heterocycles. The van der Waals surface area contributed by atoms with Crippen molar-refractivity contribution in [3.8, 4) is 24.3 Å². The van der Waals surface area contributed by atoms with E-state index in [2.05, 4.69) is 38.2 Å². The smallest absolute Gasteiger partial charge is 0.324 e. The SMILES string of the molecule is C#CC(C)(C)Oc1nc(NCCC)nc(-n2cccn2)n1. The number of nitrogens with one attached hydrogen (secondary N) is 1. The van der Waals surface area contributed by atoms with E-state index >= 15 is 0 Å². The van der Waals surface area contributed by atoms with Crippen molar-refractivity contribution in [3.05, 3.63) is 18.5 Å². The average molecular weight is 286 g/mol. The van der Waals surface area contributed by atoms with Crippen LogP contribution in [0, 0.1) is 12.3 Å². The summed E-state index contributed by atoms with van der Waals surface area (Å²) in [6, 6.07) is 1.95. The first-order valence-electron chi connectivity index (χ1n) is 6.71. The maximum atomic E-state index is 5.63. The van der Waals surface area contributed by atoms with Gasteiger partial charge >= 0.3 is 6.01 Å². The van der Waals surface area contributed by atoms with Crippen LogP contribution in [0.15, 0.2) is 18.5 Å². The van der Waals surface area contributed by atoms with Gasteiger partial charge in [0.15, 0.2) is 5.60 Å². The number of nitrogens with zero attached hydrogens (tertiary/aromatic N) is 5. The number of aromatic nitrogens is 5. The van der Waals surface area contributed by atoms with Gasteiger partial charge in [0.2, 0.25) is 5.95 Å². The van der Waals surface area contributed by atoms with E-state index in [1.807, 2.05) is 0 Å². The van der Waals surface area contributed by atoms with Gasteiger partial charge in [-0.2, -0.15) is 20.1 Å². The molecule has 0 bridgehead atoms. The van der Waals surface area contributed by atoms with Crippen LogP contribution in [0.5, 0.6) is 6.01 Å². The van der Waals surface area contributed by atoms with Crippen molar-refractivity contribution >= 4 is 5.95 Å². The van der Waals surface area contributed by atoms with Gasteiger partial charge in [-0.3, -0.25) is 0 Å². The molecule has 2 aromatic heterocycles. The number of ether oxygens (including phenoxy) is 1. The normalized spacial score (nSPS) is 11.0. The molecule has 0 radical (unpaired) electrons. The lowest BCUT2D eigenvalue weighted by atomic mass is 10.2. The Morgan fingerprint density at radius 3 is 2.81 bits per heavy atom. The van der Waals surface area contributed by atoms with E-state index < -0.39 is 5.60 Å². The van der Waals surface area contributed by atoms with Crippen LogP contribution in [0.2, 0.25) is 0 Å². The van der Waals surface area contributed by atoms with Crippen molar-refractivity contribution in [1.82, 2.24) is 24.7 Å². The van der Waals surface area contributed by atoms with E-state index in [-0.39, 0.29) is 6.01 Å². The minimum absolute atomic E-state index is 0.164. The van der Waals surface area contributed by atoms with Gasteiger partial charge in [-0.15, -0.1) is 6.42 Å². The fourth-order valence-corrected chi connectivity index (χ4v) is 1.45. The number of rotatable bonds is 6. The Hall–Kier alpha value is -2.62. The Balaban J connectivity index is 2.35. The van der Waals surface area contributed by atoms with Crippen molar-refractivity contribution < 1.29 is 4.74 Å². The minimum atomic E-state index is -0.801. The molecule has 0 aliphatic heterocycles. The largest absolute Gasteiger partial charge is 0.444 e. The van der Waals surface area contributed by atoms with Crippen LogP contribution < -0.4 is 10.1 Å². The molecule has 0 atom stereocenters. The van der Waals surface area contributed by atoms with Crippen LogP contribution in [0.4, 0.5) is 5.95 Å². The summed E-state index contributed by atoms with van der Waals surface area (Å²) >= 11 is 0. The third kappa shape index (κ3) is 3.92. The quantitative estimate of drug-likeness (QED) is 0.814. The summed E-state index contributed by atoms with van der Waals surface area (Å²) in [6.07, 6.45) is 9.77. The van der Waals surface area contributed by atoms with Crippen molar-refractivity contribution in [2.24, 2.45) is 0 Å². The van der Waals surface area contributed by atoms with Gasteiger partial charge < -0.3 is 10.1 Å². The summed E-state index contributed by atoms with van der Waals surface area (Å²) in [5.41, 5.74) is -0.801. The molecule has 0 aliphatic rings. The predicted molar refractivity (Wildman–Crippen MR) is 79.3 cm³/mol. The maximum absolute atomic E-state index is 5.63. The fraction of sp³-hybridized carbons (Fsp3) is 0.429. The highest BCUT2D eigenvalue weighted by molar-refractivity contribution is 5.30. The Labute approximate surface area is 123 Å². The second-order valence-corrected chi connectivity index (χ2v) is 4.88. The van der Waals surface area contributed by atoms with Gasteiger partial charge in [0.05, 0.1) is 0 Å². The van der Waals surface area contributed by atoms with Gasteiger partial charge in [-0.1, -0.05) is 12.8 Å². The Morgan fingerprint density at radius 2 is 2.19 bits per heavy atom. The first-order chi connectivity index (χ1) is 10.0. The molecule has 2 aromatic rings. The van der Waals surface area contributed by atoms with Crippen LogP contribution >= 0.6 is 0 Å². The zero-order chi connectivity index (χ0) is 15.3. The highest BCUT2D eigenvalue weighted by atomic mass is 16.5. The minimum Gasteiger partial charge on any atom is -0.444 e. The van der Waals surface area contributed by atoms with E-state index in [1.54, 1.807) is 32.3 Å². The van der Waals surface area contributed by atoms with E-state index in [1.165, 1.54) is 4.68 Å². The molecule has 0 saturated carbocycles. The summed E-state index contributed by atoms with van der Waals surface area (Å²) in [6.45, 7) is 6.34. The molecular weight excluding hydrogens is 268 g/mol. The van der Waals surface area contributed by atoms with Gasteiger partial charge in [-0.05, 0) is 26.3 Å². The first kappa shape index (κ1) is 14.8. The molecule has 0 unspecified atom stereocenters. The topological polar surface area (TPSA) is 77.8 Å². The summed E-state index contributed by atoms with van der Waals surface area (Å²) in [5, 5.41) is 7.21. The maximum Gasteiger partial charge on any atom is 0.324 e. The predicted octanol–water partition coefficient (Wildman–Crippen LogP) is 1.67. The van der Waals surface area contributed by atoms with Gasteiger partial charge in [0, 0.05) is 18.9 Å². The molecular formula is C14H18N6O. The lowest BCUT2D eigenvalue weighted by Gasteiger charge is -2.19. The zero-order valence-electron chi connectivity index (χ0n) is 12.4. The van der Waals surface area contributed by atoms with Gasteiger partial charge in [0.1, 0.15) is 0 Å². The average Bonchev–Trinajstić information content (AvgIpc) is 2.98. The standard InChI is InChI=1S/C14H18N6O/c1-5-8-15-11-17-12(20-10-7-9-16-20)19-13(18-11)21-14(3,4)6-2/h2,7,9-10H,5,8H2,1,3-4H3,(H,15,17,18,19). The second kappa shape index (κ2) is 6.22. The number of hydrogen-bond donors (Lipinski definition) is 1. The van der Waals surface area contributed by atoms with Crippen molar-refractivity contribution in [2.45, 2.75) is 32.8 Å². The monoisotopic (exact) mass is 286 g/mol. The molecule has 7 heteroatoms. The van der Waals surface area contributed by atoms with Crippen molar-refractivity contribution in [2.75, 3.05) is 11.9 Å². The van der Waals surface area contributed by atoms with Crippen molar-refractivity contribution in [1.29, 1.82) is 0 Å². The summed E-state index contributed by atoms with van der Waals surface area (Å²) < 4.78 is 7.17. The molecule has 2 rings (SSSR count). The Bertz CT molecular complexity index is 629. The zero-order valence-corrected chi connectivity index (χ0v) is 12.4. The molecule has 0 aliphatic carbocycles. The van der Waals surface area contributed by atoms with E-state index in [0.717, 1.165) is 13.0 Å². The highest BCUT2D eigenvalue weighted by Gasteiger charge is 2.19. The molecule has 0 saturated heterocycles. The molecule has 0 spiro atoms. The Kier molecular flexibility index (Phi) is 4.38. The molecule has 21 heavy (non-hydrogen) atoms. The molecule has 1 N–H and O–H groups in total. The highest BCUT2D eigenvalue weighted by Crippen LogP contribution is 2.16. The second-order valence-electron chi connectivity index (χ2n) is 4.88. The first-order valence-corrected chi connectivity index (χ1v) is 6.71. The summed E-state index contributed by atoms with van der Waals surface area (Å²) in [7, 11) is 0. The third-order valence-electron chi connectivity index (χ3n) is 2.54. The van der Waals surface area contributed by atoms with Crippen LogP contribution in [-0.2, 0) is 0 Å². The van der Waals surface area contributed by atoms with Crippen LogP contribution in [0.1, 0.15) is 27.2 Å². The third-order valence-corrected chi connectivity index (χ3v) is 2.54. The van der Waals surface area contributed by atoms with Crippen LogP contribution in [-0.4, -0.2) is 36.9 Å². The lowest BCUT2D eigenvalue weighted by Crippen LogP contribution is -2.27. The fourth-order valence-electron chi connectivity index (χ4n) is 1.45. The molecule has 7 nitrogen and oxygen atoms in total. The number of terminal acetylenes is 1. The van der Waals surface area contributed by atoms with Crippen LogP contribution in [0.25, 0.3) is 5.95 Å².